The lowest BCUT2D eigenvalue weighted by molar-refractivity contribution is -0.0497. The summed E-state index contributed by atoms with van der Waals surface area (Å²) >= 11 is 0. The number of alkyl halides is 2. The molecule has 0 saturated carbocycles. The molecule has 2 aromatic carbocycles. The van der Waals surface area contributed by atoms with Gasteiger partial charge in [0.15, 0.2) is 0 Å². The van der Waals surface area contributed by atoms with E-state index in [1.54, 1.807) is 30.3 Å². The maximum atomic E-state index is 12.6. The van der Waals surface area contributed by atoms with Crippen LogP contribution in [0.2, 0.25) is 0 Å². The number of amides is 1. The van der Waals surface area contributed by atoms with Crippen LogP contribution in [-0.4, -0.2) is 24.4 Å². The number of nitriles is 1. The van der Waals surface area contributed by atoms with Crippen LogP contribution in [0.15, 0.2) is 42.5 Å². The van der Waals surface area contributed by atoms with Crippen LogP contribution in [0.1, 0.15) is 12.5 Å². The molecule has 8 heteroatoms. The lowest BCUT2D eigenvalue weighted by Crippen LogP contribution is -2.10. The third-order valence-corrected chi connectivity index (χ3v) is 4.28. The molecule has 0 unspecified atom stereocenters. The van der Waals surface area contributed by atoms with Crippen molar-refractivity contribution in [1.82, 2.24) is 4.57 Å². The van der Waals surface area contributed by atoms with E-state index in [4.69, 9.17) is 0 Å². The van der Waals surface area contributed by atoms with Gasteiger partial charge < -0.3 is 14.0 Å². The second-order valence-electron chi connectivity index (χ2n) is 5.83. The van der Waals surface area contributed by atoms with Crippen LogP contribution in [0.4, 0.5) is 19.3 Å². The number of ether oxygens (including phenoxy) is 2. The minimum absolute atomic E-state index is 0.0309. The molecule has 3 rings (SSSR count). The second kappa shape index (κ2) is 7.96. The summed E-state index contributed by atoms with van der Waals surface area (Å²) < 4.78 is 36.0. The Hall–Kier alpha value is -3.60. The van der Waals surface area contributed by atoms with Gasteiger partial charge in [-0.15, -0.1) is 0 Å². The Labute approximate surface area is 159 Å². The number of methoxy groups -OCH3 is 1. The molecule has 0 aliphatic carbocycles. The Kier molecular flexibility index (Phi) is 5.45. The number of hydrogen-bond donors (Lipinski definition) is 1. The first-order valence-electron chi connectivity index (χ1n) is 8.45. The molecular formula is C20H17F2N3O3. The van der Waals surface area contributed by atoms with E-state index in [-0.39, 0.29) is 5.75 Å². The van der Waals surface area contributed by atoms with E-state index in [0.29, 0.717) is 34.4 Å². The highest BCUT2D eigenvalue weighted by molar-refractivity contribution is 5.95. The number of carbonyl (C=O) groups is 1. The minimum Gasteiger partial charge on any atom is -0.453 e. The molecule has 0 saturated heterocycles. The van der Waals surface area contributed by atoms with Crippen LogP contribution in [-0.2, 0) is 11.3 Å². The Balaban J connectivity index is 2.12. The van der Waals surface area contributed by atoms with Crippen molar-refractivity contribution in [1.29, 1.82) is 5.26 Å². The van der Waals surface area contributed by atoms with Gasteiger partial charge in [-0.05, 0) is 36.8 Å². The Morgan fingerprint density at radius 2 is 1.96 bits per heavy atom. The summed E-state index contributed by atoms with van der Waals surface area (Å²) in [6.07, 6.45) is -0.584. The highest BCUT2D eigenvalue weighted by Crippen LogP contribution is 2.36. The molecule has 0 bridgehead atoms. The lowest BCUT2D eigenvalue weighted by Gasteiger charge is -2.10. The summed E-state index contributed by atoms with van der Waals surface area (Å²) in [4.78, 5) is 11.3. The number of carbonyl (C=O) groups excluding carboxylic acids is 1. The number of nitrogens with zero attached hydrogens (tertiary/aromatic N) is 2. The van der Waals surface area contributed by atoms with Gasteiger partial charge in [0.2, 0.25) is 0 Å². The van der Waals surface area contributed by atoms with Crippen molar-refractivity contribution in [3.8, 4) is 23.1 Å². The van der Waals surface area contributed by atoms with Crippen LogP contribution < -0.4 is 10.1 Å². The van der Waals surface area contributed by atoms with E-state index >= 15 is 0 Å². The zero-order valence-corrected chi connectivity index (χ0v) is 15.2. The highest BCUT2D eigenvalue weighted by Gasteiger charge is 2.19. The maximum absolute atomic E-state index is 12.6. The Bertz CT molecular complexity index is 1050. The zero-order valence-electron chi connectivity index (χ0n) is 15.2. The van der Waals surface area contributed by atoms with Crippen LogP contribution in [0.3, 0.4) is 0 Å². The van der Waals surface area contributed by atoms with Crippen molar-refractivity contribution in [3.63, 3.8) is 0 Å². The molecule has 0 aliphatic rings. The first-order chi connectivity index (χ1) is 13.5. The lowest BCUT2D eigenvalue weighted by atomic mass is 10.1. The standard InChI is InChI=1S/C20H17F2N3O3/c1-3-25-17-10-14(28-19(21)22)8-9-15(17)16(11-23)18(25)12-4-6-13(7-5-12)24-20(26)27-2/h4-10,19H,3H2,1-2H3,(H,24,26). The van der Waals surface area contributed by atoms with Gasteiger partial charge in [0.1, 0.15) is 11.8 Å². The van der Waals surface area contributed by atoms with Gasteiger partial charge in [-0.3, -0.25) is 5.32 Å². The molecule has 1 amide bonds. The molecular weight excluding hydrogens is 368 g/mol. The van der Waals surface area contributed by atoms with E-state index in [2.05, 4.69) is 20.9 Å². The molecule has 1 heterocycles. The predicted molar refractivity (Wildman–Crippen MR) is 100 cm³/mol. The Morgan fingerprint density at radius 1 is 1.25 bits per heavy atom. The normalized spacial score (nSPS) is 10.7. The smallest absolute Gasteiger partial charge is 0.411 e. The average Bonchev–Trinajstić information content (AvgIpc) is 3.00. The van der Waals surface area contributed by atoms with Crippen LogP contribution in [0, 0.1) is 11.3 Å². The number of aryl methyl sites for hydroxylation is 1. The summed E-state index contributed by atoms with van der Waals surface area (Å²) in [5, 5.41) is 12.9. The fraction of sp³-hybridized carbons (Fsp3) is 0.200. The zero-order chi connectivity index (χ0) is 20.3. The molecule has 0 radical (unpaired) electrons. The van der Waals surface area contributed by atoms with E-state index in [9.17, 15) is 18.8 Å². The molecule has 28 heavy (non-hydrogen) atoms. The monoisotopic (exact) mass is 385 g/mol. The maximum Gasteiger partial charge on any atom is 0.411 e. The van der Waals surface area contributed by atoms with Gasteiger partial charge in [-0.1, -0.05) is 12.1 Å². The van der Waals surface area contributed by atoms with Crippen molar-refractivity contribution >= 4 is 22.7 Å². The third kappa shape index (κ3) is 3.60. The minimum atomic E-state index is -2.92. The first kappa shape index (κ1) is 19.2. The molecule has 0 atom stereocenters. The molecule has 6 nitrogen and oxygen atoms in total. The fourth-order valence-corrected chi connectivity index (χ4v) is 3.13. The van der Waals surface area contributed by atoms with Crippen molar-refractivity contribution < 1.29 is 23.0 Å². The van der Waals surface area contributed by atoms with Crippen LogP contribution in [0.5, 0.6) is 5.75 Å². The number of rotatable bonds is 5. The molecule has 1 N–H and O–H groups in total. The summed E-state index contributed by atoms with van der Waals surface area (Å²) in [5.41, 5.74) is 3.03. The second-order valence-corrected chi connectivity index (χ2v) is 5.83. The van der Waals surface area contributed by atoms with Crippen molar-refractivity contribution in [2.24, 2.45) is 0 Å². The van der Waals surface area contributed by atoms with Gasteiger partial charge in [0, 0.05) is 23.7 Å². The quantitative estimate of drug-likeness (QED) is 0.672. The molecule has 1 aromatic heterocycles. The number of halogens is 2. The van der Waals surface area contributed by atoms with E-state index < -0.39 is 12.7 Å². The SMILES string of the molecule is CCn1c(-c2ccc(NC(=O)OC)cc2)c(C#N)c2ccc(OC(F)F)cc21. The predicted octanol–water partition coefficient (Wildman–Crippen LogP) is 4.98. The van der Waals surface area contributed by atoms with E-state index in [1.165, 1.54) is 19.2 Å². The van der Waals surface area contributed by atoms with E-state index in [0.717, 1.165) is 5.56 Å². The number of hydrogen-bond acceptors (Lipinski definition) is 4. The molecule has 3 aromatic rings. The van der Waals surface area contributed by atoms with Gasteiger partial charge >= 0.3 is 12.7 Å². The molecule has 0 spiro atoms. The first-order valence-corrected chi connectivity index (χ1v) is 8.45. The number of benzene rings is 2. The Morgan fingerprint density at radius 3 is 2.54 bits per heavy atom. The van der Waals surface area contributed by atoms with Gasteiger partial charge in [0.05, 0.1) is 23.9 Å². The van der Waals surface area contributed by atoms with Crippen molar-refractivity contribution in [3.05, 3.63) is 48.0 Å². The van der Waals surface area contributed by atoms with Crippen molar-refractivity contribution in [2.45, 2.75) is 20.1 Å². The highest BCUT2D eigenvalue weighted by atomic mass is 19.3. The molecule has 0 fully saturated rings. The number of anilines is 1. The van der Waals surface area contributed by atoms with Crippen LogP contribution in [0.25, 0.3) is 22.2 Å². The molecule has 0 aliphatic heterocycles. The number of nitrogens with one attached hydrogen (secondary N) is 1. The summed E-state index contributed by atoms with van der Waals surface area (Å²) in [5.74, 6) is 0.0309. The van der Waals surface area contributed by atoms with Gasteiger partial charge in [-0.25, -0.2) is 4.79 Å². The summed E-state index contributed by atoms with van der Waals surface area (Å²) in [6, 6.07) is 13.7. The topological polar surface area (TPSA) is 76.3 Å². The van der Waals surface area contributed by atoms with Crippen LogP contribution >= 0.6 is 0 Å². The van der Waals surface area contributed by atoms with E-state index in [1.807, 2.05) is 11.5 Å². The average molecular weight is 385 g/mol. The number of aromatic nitrogens is 1. The summed E-state index contributed by atoms with van der Waals surface area (Å²) in [7, 11) is 1.27. The van der Waals surface area contributed by atoms with Gasteiger partial charge in [-0.2, -0.15) is 14.0 Å². The van der Waals surface area contributed by atoms with Gasteiger partial charge in [0.25, 0.3) is 0 Å². The molecule has 144 valence electrons. The number of fused-ring (bicyclic) bond motifs is 1. The summed E-state index contributed by atoms with van der Waals surface area (Å²) in [6.45, 7) is -0.501. The fourth-order valence-electron chi connectivity index (χ4n) is 3.13. The third-order valence-electron chi connectivity index (χ3n) is 4.28. The van der Waals surface area contributed by atoms with Crippen molar-refractivity contribution in [2.75, 3.05) is 12.4 Å². The largest absolute Gasteiger partial charge is 0.453 e.